The number of nitrogens with zero attached hydrogens (tertiary/aromatic N) is 3. The van der Waals surface area contributed by atoms with Gasteiger partial charge < -0.3 is 14.3 Å². The van der Waals surface area contributed by atoms with Crippen molar-refractivity contribution >= 4 is 17.7 Å². The van der Waals surface area contributed by atoms with Crippen molar-refractivity contribution < 1.29 is 9.21 Å². The zero-order valence-corrected chi connectivity index (χ0v) is 16.6. The van der Waals surface area contributed by atoms with Crippen LogP contribution in [0.25, 0.3) is 11.4 Å². The van der Waals surface area contributed by atoms with Crippen LogP contribution in [0.15, 0.2) is 52.2 Å². The van der Waals surface area contributed by atoms with E-state index in [2.05, 4.69) is 46.1 Å². The predicted molar refractivity (Wildman–Crippen MR) is 106 cm³/mol. The molecule has 0 aliphatic rings. The first-order valence-corrected chi connectivity index (χ1v) is 9.93. The van der Waals surface area contributed by atoms with Gasteiger partial charge in [0.1, 0.15) is 5.76 Å². The van der Waals surface area contributed by atoms with Gasteiger partial charge in [0, 0.05) is 12.1 Å². The van der Waals surface area contributed by atoms with Gasteiger partial charge in [-0.15, -0.1) is 10.2 Å². The number of hydrogen-bond acceptors (Lipinski definition) is 5. The fourth-order valence-corrected chi connectivity index (χ4v) is 3.64. The third-order valence-electron chi connectivity index (χ3n) is 4.11. The molecule has 0 aliphatic carbocycles. The van der Waals surface area contributed by atoms with Crippen molar-refractivity contribution in [2.75, 3.05) is 0 Å². The smallest absolute Gasteiger partial charge is 0.233 e. The van der Waals surface area contributed by atoms with Gasteiger partial charge in [0.05, 0.1) is 18.1 Å². The van der Waals surface area contributed by atoms with E-state index < -0.39 is 0 Å². The van der Waals surface area contributed by atoms with Gasteiger partial charge in [0.15, 0.2) is 11.0 Å². The molecule has 0 saturated heterocycles. The van der Waals surface area contributed by atoms with Gasteiger partial charge in [-0.05, 0) is 38.5 Å². The van der Waals surface area contributed by atoms with Crippen LogP contribution in [0.4, 0.5) is 0 Å². The van der Waals surface area contributed by atoms with Crippen LogP contribution in [0.3, 0.4) is 0 Å². The fourth-order valence-electron chi connectivity index (χ4n) is 2.74. The molecule has 27 heavy (non-hydrogen) atoms. The van der Waals surface area contributed by atoms with Crippen molar-refractivity contribution in [1.29, 1.82) is 0 Å². The molecular weight excluding hydrogens is 360 g/mol. The molecule has 0 saturated carbocycles. The summed E-state index contributed by atoms with van der Waals surface area (Å²) in [6.45, 7) is 7.24. The van der Waals surface area contributed by atoms with E-state index in [0.717, 1.165) is 35.3 Å². The van der Waals surface area contributed by atoms with E-state index in [1.165, 1.54) is 17.3 Å². The molecule has 142 valence electrons. The molecule has 1 N–H and O–H groups in total. The molecule has 0 spiro atoms. The number of carbonyl (C=O) groups is 1. The lowest BCUT2D eigenvalue weighted by Gasteiger charge is -2.13. The first-order chi connectivity index (χ1) is 13.1. The molecule has 6 nitrogen and oxygen atoms in total. The summed E-state index contributed by atoms with van der Waals surface area (Å²) >= 11 is 1.42. The number of aromatic nitrogens is 3. The summed E-state index contributed by atoms with van der Waals surface area (Å²) in [7, 11) is 0. The number of carbonyl (C=O) groups excluding carboxylic acids is 1. The van der Waals surface area contributed by atoms with Gasteiger partial charge in [-0.2, -0.15) is 0 Å². The highest BCUT2D eigenvalue weighted by Gasteiger charge is 2.20. The SMILES string of the molecule is CCCn1c(SC(C)C(=O)NCc2ccco2)nnc1-c1cccc(C)c1. The molecule has 0 radical (unpaired) electrons. The minimum absolute atomic E-state index is 0.0560. The second-order valence-corrected chi connectivity index (χ2v) is 7.69. The fraction of sp³-hybridized carbons (Fsp3) is 0.350. The van der Waals surface area contributed by atoms with Crippen LogP contribution in [0.2, 0.25) is 0 Å². The minimum Gasteiger partial charge on any atom is -0.467 e. The highest BCUT2D eigenvalue weighted by Crippen LogP contribution is 2.27. The number of thioether (sulfide) groups is 1. The van der Waals surface area contributed by atoms with Gasteiger partial charge in [0.25, 0.3) is 0 Å². The van der Waals surface area contributed by atoms with Gasteiger partial charge in [-0.25, -0.2) is 0 Å². The first-order valence-electron chi connectivity index (χ1n) is 9.05. The highest BCUT2D eigenvalue weighted by atomic mass is 32.2. The number of furan rings is 1. The lowest BCUT2D eigenvalue weighted by atomic mass is 10.1. The lowest BCUT2D eigenvalue weighted by Crippen LogP contribution is -2.30. The van der Waals surface area contributed by atoms with Gasteiger partial charge in [-0.3, -0.25) is 4.79 Å². The number of amides is 1. The van der Waals surface area contributed by atoms with Crippen LogP contribution in [-0.2, 0) is 17.9 Å². The summed E-state index contributed by atoms with van der Waals surface area (Å²) in [6.07, 6.45) is 2.56. The van der Waals surface area contributed by atoms with Crippen molar-refractivity contribution in [1.82, 2.24) is 20.1 Å². The Morgan fingerprint density at radius 3 is 2.85 bits per heavy atom. The maximum Gasteiger partial charge on any atom is 0.233 e. The summed E-state index contributed by atoms with van der Waals surface area (Å²) in [5.74, 6) is 1.52. The third-order valence-corrected chi connectivity index (χ3v) is 5.19. The van der Waals surface area contributed by atoms with Crippen molar-refractivity contribution in [2.45, 2.75) is 50.7 Å². The van der Waals surface area contributed by atoms with Crippen LogP contribution in [-0.4, -0.2) is 25.9 Å². The first kappa shape index (κ1) is 19.2. The largest absolute Gasteiger partial charge is 0.467 e. The van der Waals surface area contributed by atoms with Crippen LogP contribution < -0.4 is 5.32 Å². The molecule has 1 atom stereocenters. The zero-order chi connectivity index (χ0) is 19.2. The number of benzene rings is 1. The maximum absolute atomic E-state index is 12.4. The normalized spacial score (nSPS) is 12.1. The Balaban J connectivity index is 1.73. The molecule has 1 amide bonds. The molecular formula is C20H24N4O2S. The van der Waals surface area contributed by atoms with E-state index >= 15 is 0 Å². The van der Waals surface area contributed by atoms with Gasteiger partial charge >= 0.3 is 0 Å². The number of aryl methyl sites for hydroxylation is 1. The molecule has 1 aromatic carbocycles. The zero-order valence-electron chi connectivity index (χ0n) is 15.8. The molecule has 3 rings (SSSR count). The molecule has 1 unspecified atom stereocenters. The molecule has 2 aromatic heterocycles. The minimum atomic E-state index is -0.287. The monoisotopic (exact) mass is 384 g/mol. The van der Waals surface area contributed by atoms with Crippen LogP contribution in [0, 0.1) is 6.92 Å². The summed E-state index contributed by atoms with van der Waals surface area (Å²) in [6, 6.07) is 11.9. The van der Waals surface area contributed by atoms with E-state index in [4.69, 9.17) is 4.42 Å². The van der Waals surface area contributed by atoms with Crippen molar-refractivity contribution in [3.05, 3.63) is 54.0 Å². The summed E-state index contributed by atoms with van der Waals surface area (Å²) in [5, 5.41) is 12.1. The number of rotatable bonds is 8. The molecule has 3 aromatic rings. The standard InChI is InChI=1S/C20H24N4O2S/c1-4-10-24-18(16-8-5-7-14(2)12-16)22-23-20(24)27-15(3)19(25)21-13-17-9-6-11-26-17/h5-9,11-12,15H,4,10,13H2,1-3H3,(H,21,25). The second-order valence-electron chi connectivity index (χ2n) is 6.38. The topological polar surface area (TPSA) is 73.0 Å². The van der Waals surface area contributed by atoms with Crippen molar-refractivity contribution in [2.24, 2.45) is 0 Å². The summed E-state index contributed by atoms with van der Waals surface area (Å²) < 4.78 is 7.34. The third kappa shape index (κ3) is 4.80. The molecule has 0 fully saturated rings. The highest BCUT2D eigenvalue weighted by molar-refractivity contribution is 8.00. The molecule has 2 heterocycles. The summed E-state index contributed by atoms with van der Waals surface area (Å²) in [5.41, 5.74) is 2.22. The van der Waals surface area contributed by atoms with Crippen LogP contribution in [0.5, 0.6) is 0 Å². The van der Waals surface area contributed by atoms with Crippen LogP contribution >= 0.6 is 11.8 Å². The van der Waals surface area contributed by atoms with Crippen molar-refractivity contribution in [3.8, 4) is 11.4 Å². The Kier molecular flexibility index (Phi) is 6.34. The van der Waals surface area contributed by atoms with Gasteiger partial charge in [0.2, 0.25) is 5.91 Å². The Bertz CT molecular complexity index is 889. The van der Waals surface area contributed by atoms with Gasteiger partial charge in [-0.1, -0.05) is 42.4 Å². The molecule has 7 heteroatoms. The maximum atomic E-state index is 12.4. The molecule has 0 bridgehead atoms. The van der Waals surface area contributed by atoms with Crippen LogP contribution in [0.1, 0.15) is 31.6 Å². The lowest BCUT2D eigenvalue weighted by molar-refractivity contribution is -0.120. The number of hydrogen-bond donors (Lipinski definition) is 1. The number of nitrogens with one attached hydrogen (secondary N) is 1. The van der Waals surface area contributed by atoms with E-state index in [1.807, 2.05) is 25.1 Å². The average Bonchev–Trinajstić information content (AvgIpc) is 3.30. The Hall–Kier alpha value is -2.54. The predicted octanol–water partition coefficient (Wildman–Crippen LogP) is 4.05. The molecule has 0 aliphatic heterocycles. The van der Waals surface area contributed by atoms with E-state index in [-0.39, 0.29) is 11.2 Å². The quantitative estimate of drug-likeness (QED) is 0.593. The van der Waals surface area contributed by atoms with E-state index in [1.54, 1.807) is 12.3 Å². The van der Waals surface area contributed by atoms with E-state index in [0.29, 0.717) is 6.54 Å². The Morgan fingerprint density at radius 1 is 1.30 bits per heavy atom. The van der Waals surface area contributed by atoms with Crippen molar-refractivity contribution in [3.63, 3.8) is 0 Å². The average molecular weight is 385 g/mol. The second kappa shape index (κ2) is 8.90. The Labute approximate surface area is 163 Å². The summed E-state index contributed by atoms with van der Waals surface area (Å²) in [4.78, 5) is 12.4. The van der Waals surface area contributed by atoms with E-state index in [9.17, 15) is 4.79 Å². The Morgan fingerprint density at radius 2 is 2.15 bits per heavy atom.